The zero-order valence-corrected chi connectivity index (χ0v) is 9.93. The van der Waals surface area contributed by atoms with E-state index < -0.39 is 0 Å². The number of fused-ring (bicyclic) bond motifs is 1. The Kier molecular flexibility index (Phi) is 3.02. The first-order valence-electron chi connectivity index (χ1n) is 5.95. The van der Waals surface area contributed by atoms with Crippen LogP contribution in [-0.4, -0.2) is 15.2 Å². The van der Waals surface area contributed by atoms with Crippen LogP contribution < -0.4 is 5.32 Å². The fourth-order valence-corrected chi connectivity index (χ4v) is 2.02. The van der Waals surface area contributed by atoms with E-state index in [0.29, 0.717) is 0 Å². The predicted octanol–water partition coefficient (Wildman–Crippen LogP) is 2.25. The molecule has 90 valence electrons. The fourth-order valence-electron chi connectivity index (χ4n) is 2.02. The summed E-state index contributed by atoms with van der Waals surface area (Å²) in [5.74, 6) is 0. The number of nitrogens with zero attached hydrogens (tertiary/aromatic N) is 2. The predicted molar refractivity (Wildman–Crippen MR) is 70.9 cm³/mol. The quantitative estimate of drug-likeness (QED) is 0.733. The van der Waals surface area contributed by atoms with Crippen molar-refractivity contribution in [2.75, 3.05) is 0 Å². The van der Waals surface area contributed by atoms with Gasteiger partial charge in [-0.2, -0.15) is 5.10 Å². The molecule has 0 aliphatic rings. The molecule has 0 bridgehead atoms. The number of benzene rings is 1. The van der Waals surface area contributed by atoms with Gasteiger partial charge < -0.3 is 5.32 Å². The minimum Gasteiger partial charge on any atom is -0.307 e. The SMILES string of the molecule is c1ccc2c(CNCc3ccn[nH]3)ccnc2c1. The van der Waals surface area contributed by atoms with E-state index in [1.54, 1.807) is 6.20 Å². The molecule has 3 aromatic rings. The van der Waals surface area contributed by atoms with Crippen LogP contribution in [0.1, 0.15) is 11.3 Å². The molecule has 18 heavy (non-hydrogen) atoms. The average Bonchev–Trinajstić information content (AvgIpc) is 2.92. The van der Waals surface area contributed by atoms with Gasteiger partial charge in [0.25, 0.3) is 0 Å². The molecule has 4 nitrogen and oxygen atoms in total. The molecule has 1 aromatic carbocycles. The molecule has 2 aromatic heterocycles. The van der Waals surface area contributed by atoms with Gasteiger partial charge in [-0.25, -0.2) is 0 Å². The first-order chi connectivity index (χ1) is 8.93. The zero-order chi connectivity index (χ0) is 12.2. The fraction of sp³-hybridized carbons (Fsp3) is 0.143. The van der Waals surface area contributed by atoms with Crippen LogP contribution in [-0.2, 0) is 13.1 Å². The summed E-state index contributed by atoms with van der Waals surface area (Å²) in [6.45, 7) is 1.61. The molecule has 0 spiro atoms. The van der Waals surface area contributed by atoms with Crippen LogP contribution >= 0.6 is 0 Å². The van der Waals surface area contributed by atoms with E-state index in [4.69, 9.17) is 0 Å². The highest BCUT2D eigenvalue weighted by Crippen LogP contribution is 2.15. The molecule has 2 heterocycles. The van der Waals surface area contributed by atoms with E-state index in [-0.39, 0.29) is 0 Å². The van der Waals surface area contributed by atoms with Gasteiger partial charge in [-0.15, -0.1) is 0 Å². The van der Waals surface area contributed by atoms with E-state index in [0.717, 1.165) is 24.3 Å². The summed E-state index contributed by atoms with van der Waals surface area (Å²) < 4.78 is 0. The Bertz CT molecular complexity index is 626. The molecule has 0 aliphatic heterocycles. The summed E-state index contributed by atoms with van der Waals surface area (Å²) in [7, 11) is 0. The normalized spacial score (nSPS) is 10.9. The number of hydrogen-bond donors (Lipinski definition) is 2. The third-order valence-electron chi connectivity index (χ3n) is 2.93. The highest BCUT2D eigenvalue weighted by atomic mass is 15.1. The summed E-state index contributed by atoms with van der Waals surface area (Å²) >= 11 is 0. The number of nitrogens with one attached hydrogen (secondary N) is 2. The van der Waals surface area contributed by atoms with E-state index in [1.807, 2.05) is 30.5 Å². The van der Waals surface area contributed by atoms with E-state index in [9.17, 15) is 0 Å². The van der Waals surface area contributed by atoms with Crippen molar-refractivity contribution in [3.63, 3.8) is 0 Å². The van der Waals surface area contributed by atoms with Gasteiger partial charge in [0.15, 0.2) is 0 Å². The maximum Gasteiger partial charge on any atom is 0.0705 e. The molecule has 0 fully saturated rings. The molecule has 0 amide bonds. The van der Waals surface area contributed by atoms with Gasteiger partial charge >= 0.3 is 0 Å². The van der Waals surface area contributed by atoms with Crippen molar-refractivity contribution in [1.29, 1.82) is 0 Å². The third-order valence-corrected chi connectivity index (χ3v) is 2.93. The Hall–Kier alpha value is -2.20. The van der Waals surface area contributed by atoms with Crippen molar-refractivity contribution in [2.24, 2.45) is 0 Å². The van der Waals surface area contributed by atoms with Gasteiger partial charge in [-0.05, 0) is 23.8 Å². The molecule has 0 unspecified atom stereocenters. The minimum absolute atomic E-state index is 0.788. The van der Waals surface area contributed by atoms with Crippen LogP contribution in [0.25, 0.3) is 10.9 Å². The number of rotatable bonds is 4. The monoisotopic (exact) mass is 238 g/mol. The summed E-state index contributed by atoms with van der Waals surface area (Å²) in [5.41, 5.74) is 3.40. The number of H-pyrrole nitrogens is 1. The van der Waals surface area contributed by atoms with Crippen LogP contribution in [0.5, 0.6) is 0 Å². The summed E-state index contributed by atoms with van der Waals surface area (Å²) in [4.78, 5) is 4.36. The molecule has 0 atom stereocenters. The van der Waals surface area contributed by atoms with Crippen LogP contribution in [0.2, 0.25) is 0 Å². The molecular weight excluding hydrogens is 224 g/mol. The maximum absolute atomic E-state index is 4.36. The Morgan fingerprint density at radius 3 is 2.83 bits per heavy atom. The lowest BCUT2D eigenvalue weighted by Crippen LogP contribution is -2.13. The number of aromatic amines is 1. The highest BCUT2D eigenvalue weighted by molar-refractivity contribution is 5.81. The maximum atomic E-state index is 4.36. The largest absolute Gasteiger partial charge is 0.307 e. The second-order valence-corrected chi connectivity index (χ2v) is 4.17. The van der Waals surface area contributed by atoms with Gasteiger partial charge in [-0.1, -0.05) is 18.2 Å². The number of hydrogen-bond acceptors (Lipinski definition) is 3. The molecular formula is C14H14N4. The molecule has 0 saturated carbocycles. The zero-order valence-electron chi connectivity index (χ0n) is 9.93. The summed E-state index contributed by atoms with van der Waals surface area (Å²) in [5, 5.41) is 11.5. The van der Waals surface area contributed by atoms with Crippen molar-refractivity contribution in [1.82, 2.24) is 20.5 Å². The molecule has 3 rings (SSSR count). The number of pyridine rings is 1. The lowest BCUT2D eigenvalue weighted by Gasteiger charge is -2.06. The number of aromatic nitrogens is 3. The summed E-state index contributed by atoms with van der Waals surface area (Å²) in [6.07, 6.45) is 3.62. The first kappa shape index (κ1) is 10.9. The van der Waals surface area contributed by atoms with Crippen molar-refractivity contribution < 1.29 is 0 Å². The third kappa shape index (κ3) is 2.24. The Morgan fingerprint density at radius 2 is 1.94 bits per heavy atom. The van der Waals surface area contributed by atoms with Gasteiger partial charge in [0.1, 0.15) is 0 Å². The lowest BCUT2D eigenvalue weighted by molar-refractivity contribution is 0.680. The van der Waals surface area contributed by atoms with E-state index in [2.05, 4.69) is 32.6 Å². The van der Waals surface area contributed by atoms with Crippen molar-refractivity contribution in [3.05, 3.63) is 60.0 Å². The topological polar surface area (TPSA) is 53.6 Å². The smallest absolute Gasteiger partial charge is 0.0705 e. The second kappa shape index (κ2) is 4.98. The molecule has 2 N–H and O–H groups in total. The van der Waals surface area contributed by atoms with Crippen molar-refractivity contribution in [3.8, 4) is 0 Å². The first-order valence-corrected chi connectivity index (χ1v) is 5.95. The summed E-state index contributed by atoms with van der Waals surface area (Å²) in [6, 6.07) is 12.2. The number of para-hydroxylation sites is 1. The Labute approximate surface area is 105 Å². The van der Waals surface area contributed by atoms with Crippen LogP contribution in [0.3, 0.4) is 0 Å². The average molecular weight is 238 g/mol. The van der Waals surface area contributed by atoms with Crippen molar-refractivity contribution >= 4 is 10.9 Å². The van der Waals surface area contributed by atoms with Gasteiger partial charge in [0.05, 0.1) is 5.52 Å². The van der Waals surface area contributed by atoms with Gasteiger partial charge in [0, 0.05) is 36.6 Å². The van der Waals surface area contributed by atoms with Crippen LogP contribution in [0.4, 0.5) is 0 Å². The minimum atomic E-state index is 0.788. The van der Waals surface area contributed by atoms with Crippen LogP contribution in [0.15, 0.2) is 48.8 Å². The molecule has 4 heteroatoms. The Morgan fingerprint density at radius 1 is 1.00 bits per heavy atom. The van der Waals surface area contributed by atoms with E-state index in [1.165, 1.54) is 10.9 Å². The molecule has 0 radical (unpaired) electrons. The lowest BCUT2D eigenvalue weighted by atomic mass is 10.1. The van der Waals surface area contributed by atoms with Gasteiger partial charge in [0.2, 0.25) is 0 Å². The highest BCUT2D eigenvalue weighted by Gasteiger charge is 2.01. The molecule has 0 saturated heterocycles. The second-order valence-electron chi connectivity index (χ2n) is 4.17. The van der Waals surface area contributed by atoms with Gasteiger partial charge in [-0.3, -0.25) is 10.1 Å². The standard InChI is InChI=1S/C14H14N4/c1-2-4-14-13(3-1)11(5-7-16-14)9-15-10-12-6-8-17-18-12/h1-8,15H,9-10H2,(H,17,18). The van der Waals surface area contributed by atoms with Crippen LogP contribution in [0, 0.1) is 0 Å². The Balaban J connectivity index is 1.74. The van der Waals surface area contributed by atoms with E-state index >= 15 is 0 Å². The van der Waals surface area contributed by atoms with Crippen molar-refractivity contribution in [2.45, 2.75) is 13.1 Å². The molecule has 0 aliphatic carbocycles.